The Kier molecular flexibility index (Phi) is 4.98. The number of hydrogen-bond acceptors (Lipinski definition) is 6. The first-order chi connectivity index (χ1) is 14.6. The van der Waals surface area contributed by atoms with E-state index in [1.165, 1.54) is 0 Å². The van der Waals surface area contributed by atoms with E-state index in [2.05, 4.69) is 15.1 Å². The highest BCUT2D eigenvalue weighted by molar-refractivity contribution is 5.95. The summed E-state index contributed by atoms with van der Waals surface area (Å²) in [4.78, 5) is 23.9. The van der Waals surface area contributed by atoms with Gasteiger partial charge in [0.2, 0.25) is 5.89 Å². The van der Waals surface area contributed by atoms with Gasteiger partial charge in [-0.15, -0.1) is 0 Å². The maximum atomic E-state index is 13.0. The number of carbonyl (C=O) groups is 1. The maximum Gasteiger partial charge on any atom is 0.272 e. The summed E-state index contributed by atoms with van der Waals surface area (Å²) in [5.74, 6) is 1.87. The summed E-state index contributed by atoms with van der Waals surface area (Å²) in [5, 5.41) is 4.94. The fourth-order valence-electron chi connectivity index (χ4n) is 4.79. The van der Waals surface area contributed by atoms with Crippen LogP contribution in [-0.2, 0) is 11.2 Å². The zero-order valence-electron chi connectivity index (χ0n) is 17.2. The van der Waals surface area contributed by atoms with Gasteiger partial charge in [-0.1, -0.05) is 29.4 Å². The van der Waals surface area contributed by atoms with Gasteiger partial charge in [0.25, 0.3) is 5.91 Å². The average molecular weight is 406 g/mol. The molecule has 2 aromatic heterocycles. The average Bonchev–Trinajstić information content (AvgIpc) is 3.18. The summed E-state index contributed by atoms with van der Waals surface area (Å²) in [6.45, 7) is 3.98. The number of hydrogen-bond donors (Lipinski definition) is 0. The lowest BCUT2D eigenvalue weighted by atomic mass is 9.78. The Balaban J connectivity index is 1.23. The van der Waals surface area contributed by atoms with Gasteiger partial charge in [0.1, 0.15) is 5.69 Å². The van der Waals surface area contributed by atoms with E-state index in [0.717, 1.165) is 49.6 Å². The number of amides is 1. The van der Waals surface area contributed by atoms with Crippen molar-refractivity contribution in [2.75, 3.05) is 19.7 Å². The molecule has 0 radical (unpaired) electrons. The van der Waals surface area contributed by atoms with E-state index in [4.69, 9.17) is 9.26 Å². The number of piperidine rings is 1. The number of aromatic nitrogens is 3. The molecule has 0 bridgehead atoms. The summed E-state index contributed by atoms with van der Waals surface area (Å²) in [6.07, 6.45) is 4.49. The second-order valence-electron chi connectivity index (χ2n) is 8.51. The molecule has 4 heterocycles. The monoisotopic (exact) mass is 406 g/mol. The number of nitrogens with zero attached hydrogens (tertiary/aromatic N) is 4. The first-order valence-electron chi connectivity index (χ1n) is 10.7. The molecule has 2 aliphatic rings. The van der Waals surface area contributed by atoms with Crippen molar-refractivity contribution in [3.05, 3.63) is 53.8 Å². The first kappa shape index (κ1) is 19.2. The number of para-hydroxylation sites is 1. The molecule has 7 nitrogen and oxygen atoms in total. The van der Waals surface area contributed by atoms with Crippen molar-refractivity contribution < 1.29 is 14.1 Å². The molecule has 30 heavy (non-hydrogen) atoms. The summed E-state index contributed by atoms with van der Waals surface area (Å²) < 4.78 is 11.6. The van der Waals surface area contributed by atoms with Gasteiger partial charge in [-0.2, -0.15) is 4.98 Å². The van der Waals surface area contributed by atoms with Crippen LogP contribution in [0.1, 0.15) is 47.9 Å². The highest BCUT2D eigenvalue weighted by Crippen LogP contribution is 2.39. The molecule has 2 fully saturated rings. The van der Waals surface area contributed by atoms with Crippen LogP contribution in [0.25, 0.3) is 10.9 Å². The van der Waals surface area contributed by atoms with Crippen molar-refractivity contribution >= 4 is 16.8 Å². The van der Waals surface area contributed by atoms with Gasteiger partial charge in [0, 0.05) is 31.5 Å². The van der Waals surface area contributed by atoms with Gasteiger partial charge in [0.15, 0.2) is 5.82 Å². The Morgan fingerprint density at radius 1 is 1.17 bits per heavy atom. The number of fused-ring (bicyclic) bond motifs is 1. The predicted molar refractivity (Wildman–Crippen MR) is 111 cm³/mol. The van der Waals surface area contributed by atoms with Crippen LogP contribution in [-0.4, -0.2) is 51.2 Å². The second-order valence-corrected chi connectivity index (χ2v) is 8.51. The van der Waals surface area contributed by atoms with Gasteiger partial charge >= 0.3 is 0 Å². The largest absolute Gasteiger partial charge is 0.375 e. The first-order valence-corrected chi connectivity index (χ1v) is 10.7. The van der Waals surface area contributed by atoms with Gasteiger partial charge in [-0.3, -0.25) is 4.79 Å². The Morgan fingerprint density at radius 2 is 2.00 bits per heavy atom. The normalized spacial score (nSPS) is 21.2. The Labute approximate surface area is 175 Å². The highest BCUT2D eigenvalue weighted by atomic mass is 16.5. The van der Waals surface area contributed by atoms with Gasteiger partial charge in [0.05, 0.1) is 11.1 Å². The van der Waals surface area contributed by atoms with Crippen LogP contribution >= 0.6 is 0 Å². The molecule has 1 amide bonds. The van der Waals surface area contributed by atoms with Crippen molar-refractivity contribution in [1.29, 1.82) is 0 Å². The number of likely N-dealkylation sites (tertiary alicyclic amines) is 1. The molecule has 5 rings (SSSR count). The molecule has 1 spiro atoms. The Hall–Kier alpha value is -2.80. The molecule has 2 aliphatic heterocycles. The van der Waals surface area contributed by atoms with Crippen molar-refractivity contribution in [3.63, 3.8) is 0 Å². The van der Waals surface area contributed by atoms with Gasteiger partial charge in [-0.25, -0.2) is 4.98 Å². The molecule has 0 N–H and O–H groups in total. The number of rotatable bonds is 3. The van der Waals surface area contributed by atoms with E-state index < -0.39 is 0 Å². The van der Waals surface area contributed by atoms with Gasteiger partial charge in [-0.05, 0) is 50.7 Å². The van der Waals surface area contributed by atoms with Crippen LogP contribution in [0, 0.1) is 12.8 Å². The van der Waals surface area contributed by atoms with E-state index in [1.54, 1.807) is 0 Å². The molecular weight excluding hydrogens is 380 g/mol. The molecule has 7 heteroatoms. The number of ether oxygens (including phenoxy) is 1. The molecule has 0 saturated carbocycles. The smallest absolute Gasteiger partial charge is 0.272 e. The van der Waals surface area contributed by atoms with Crippen molar-refractivity contribution in [1.82, 2.24) is 20.0 Å². The van der Waals surface area contributed by atoms with Crippen molar-refractivity contribution in [2.24, 2.45) is 5.92 Å². The van der Waals surface area contributed by atoms with E-state index >= 15 is 0 Å². The van der Waals surface area contributed by atoms with E-state index in [1.807, 2.05) is 48.2 Å². The van der Waals surface area contributed by atoms with Crippen LogP contribution in [0.15, 0.2) is 40.9 Å². The SMILES string of the molecule is Cc1noc(CC2CCOC3(CCN(C(=O)c4ccc5ccccc5n4)CC3)C2)n1. The lowest BCUT2D eigenvalue weighted by Crippen LogP contribution is -2.51. The fraction of sp³-hybridized carbons (Fsp3) is 0.478. The molecule has 2 saturated heterocycles. The molecule has 1 atom stereocenters. The third-order valence-corrected chi connectivity index (χ3v) is 6.41. The van der Waals surface area contributed by atoms with E-state index in [-0.39, 0.29) is 11.5 Å². The molecule has 1 aromatic carbocycles. The zero-order valence-corrected chi connectivity index (χ0v) is 17.2. The van der Waals surface area contributed by atoms with Crippen LogP contribution in [0.2, 0.25) is 0 Å². The molecule has 156 valence electrons. The number of benzene rings is 1. The molecular formula is C23H26N4O3. The third kappa shape index (κ3) is 3.81. The molecule has 0 aliphatic carbocycles. The number of carbonyl (C=O) groups excluding carboxylic acids is 1. The summed E-state index contributed by atoms with van der Waals surface area (Å²) in [5.41, 5.74) is 1.22. The van der Waals surface area contributed by atoms with Crippen LogP contribution in [0.5, 0.6) is 0 Å². The minimum atomic E-state index is -0.147. The summed E-state index contributed by atoms with van der Waals surface area (Å²) in [7, 11) is 0. The highest BCUT2D eigenvalue weighted by Gasteiger charge is 2.41. The minimum absolute atomic E-state index is 0.00398. The predicted octanol–water partition coefficient (Wildman–Crippen LogP) is 3.57. The second kappa shape index (κ2) is 7.80. The summed E-state index contributed by atoms with van der Waals surface area (Å²) in [6, 6.07) is 11.7. The van der Waals surface area contributed by atoms with Gasteiger partial charge < -0.3 is 14.2 Å². The fourth-order valence-corrected chi connectivity index (χ4v) is 4.79. The molecule has 1 unspecified atom stereocenters. The maximum absolute atomic E-state index is 13.0. The van der Waals surface area contributed by atoms with Crippen LogP contribution < -0.4 is 0 Å². The van der Waals surface area contributed by atoms with Crippen LogP contribution in [0.4, 0.5) is 0 Å². The van der Waals surface area contributed by atoms with E-state index in [0.29, 0.717) is 36.4 Å². The number of aryl methyl sites for hydroxylation is 1. The standard InChI is InChI=1S/C23H26N4O3/c1-16-24-21(30-26-16)14-17-8-13-29-23(15-17)9-11-27(12-10-23)22(28)20-7-6-18-4-2-3-5-19(18)25-20/h2-7,17H,8-15H2,1H3. The summed E-state index contributed by atoms with van der Waals surface area (Å²) >= 11 is 0. The topological polar surface area (TPSA) is 81.4 Å². The van der Waals surface area contributed by atoms with Crippen LogP contribution in [0.3, 0.4) is 0 Å². The van der Waals surface area contributed by atoms with E-state index in [9.17, 15) is 4.79 Å². The number of pyridine rings is 1. The molecule has 3 aromatic rings. The third-order valence-electron chi connectivity index (χ3n) is 6.41. The quantitative estimate of drug-likeness (QED) is 0.661. The Morgan fingerprint density at radius 3 is 2.80 bits per heavy atom. The minimum Gasteiger partial charge on any atom is -0.375 e. The lowest BCUT2D eigenvalue weighted by molar-refractivity contribution is -0.124. The van der Waals surface area contributed by atoms with Crippen molar-refractivity contribution in [3.8, 4) is 0 Å². The lowest BCUT2D eigenvalue weighted by Gasteiger charge is -2.46. The Bertz CT molecular complexity index is 1060. The zero-order chi connectivity index (χ0) is 20.6. The van der Waals surface area contributed by atoms with Crippen molar-refractivity contribution in [2.45, 2.75) is 44.6 Å².